The van der Waals surface area contributed by atoms with Crippen LogP contribution in [0.25, 0.3) is 11.1 Å². The number of allylic oxidation sites excluding steroid dienone is 4. The maximum Gasteiger partial charge on any atom is 0.0496 e. The lowest BCUT2D eigenvalue weighted by molar-refractivity contribution is 1.17. The molecular weight excluding hydrogens is 326 g/mol. The van der Waals surface area contributed by atoms with Crippen molar-refractivity contribution < 1.29 is 0 Å². The highest BCUT2D eigenvalue weighted by Crippen LogP contribution is 2.36. The average molecular weight is 349 g/mol. The van der Waals surface area contributed by atoms with E-state index in [1.807, 2.05) is 6.07 Å². The fourth-order valence-electron chi connectivity index (χ4n) is 3.44. The molecule has 0 unspecified atom stereocenters. The molecule has 3 aromatic carbocycles. The smallest absolute Gasteiger partial charge is 0.0496 e. The van der Waals surface area contributed by atoms with Gasteiger partial charge in [-0.1, -0.05) is 78.9 Å². The molecule has 1 nitrogen and oxygen atoms in total. The maximum absolute atomic E-state index is 4.31. The lowest BCUT2D eigenvalue weighted by atomic mass is 9.98. The minimum Gasteiger partial charge on any atom is -0.311 e. The van der Waals surface area contributed by atoms with Crippen LogP contribution in [0.15, 0.2) is 109 Å². The summed E-state index contributed by atoms with van der Waals surface area (Å²) < 4.78 is 0. The third-order valence-corrected chi connectivity index (χ3v) is 4.88. The summed E-state index contributed by atoms with van der Waals surface area (Å²) in [6.07, 6.45) is 9.31. The molecule has 0 atom stereocenters. The molecule has 4 rings (SSSR count). The SMILES string of the molecule is C=C1/C=C\C=C/Cc2cc(-c3ccc(C)cc3)ccc2N1c1ccccc1. The van der Waals surface area contributed by atoms with E-state index in [0.29, 0.717) is 0 Å². The van der Waals surface area contributed by atoms with Crippen molar-refractivity contribution >= 4 is 11.4 Å². The zero-order valence-electron chi connectivity index (χ0n) is 15.6. The molecule has 3 aromatic rings. The number of hydrogen-bond acceptors (Lipinski definition) is 1. The van der Waals surface area contributed by atoms with E-state index in [1.54, 1.807) is 0 Å². The predicted molar refractivity (Wildman–Crippen MR) is 116 cm³/mol. The molecule has 0 bridgehead atoms. The molecule has 0 aliphatic carbocycles. The maximum atomic E-state index is 4.31. The Labute approximate surface area is 161 Å². The number of fused-ring (bicyclic) bond motifs is 1. The third kappa shape index (κ3) is 3.63. The summed E-state index contributed by atoms with van der Waals surface area (Å²) in [7, 11) is 0. The van der Waals surface area contributed by atoms with Gasteiger partial charge in [-0.3, -0.25) is 0 Å². The van der Waals surface area contributed by atoms with Crippen molar-refractivity contribution in [3.8, 4) is 11.1 Å². The Kier molecular flexibility index (Phi) is 4.76. The van der Waals surface area contributed by atoms with E-state index in [-0.39, 0.29) is 0 Å². The lowest BCUT2D eigenvalue weighted by Gasteiger charge is -2.28. The van der Waals surface area contributed by atoms with Crippen LogP contribution < -0.4 is 4.90 Å². The molecule has 0 radical (unpaired) electrons. The number of aryl methyl sites for hydroxylation is 1. The first-order chi connectivity index (χ1) is 13.2. The molecule has 0 fully saturated rings. The number of anilines is 2. The summed E-state index contributed by atoms with van der Waals surface area (Å²) in [4.78, 5) is 2.23. The number of benzene rings is 3. The average Bonchev–Trinajstić information content (AvgIpc) is 2.77. The van der Waals surface area contributed by atoms with Crippen molar-refractivity contribution in [3.63, 3.8) is 0 Å². The molecule has 1 aliphatic heterocycles. The summed E-state index contributed by atoms with van der Waals surface area (Å²) in [6.45, 7) is 6.43. The summed E-state index contributed by atoms with van der Waals surface area (Å²) in [5, 5.41) is 0. The predicted octanol–water partition coefficient (Wildman–Crippen LogP) is 6.98. The quantitative estimate of drug-likeness (QED) is 0.482. The minimum atomic E-state index is 0.885. The molecule has 0 saturated carbocycles. The second-order valence-electron chi connectivity index (χ2n) is 6.86. The number of hydrogen-bond donors (Lipinski definition) is 0. The van der Waals surface area contributed by atoms with Crippen molar-refractivity contribution in [2.45, 2.75) is 13.3 Å². The van der Waals surface area contributed by atoms with Crippen molar-refractivity contribution in [2.24, 2.45) is 0 Å². The van der Waals surface area contributed by atoms with Crippen molar-refractivity contribution in [1.29, 1.82) is 0 Å². The highest BCUT2D eigenvalue weighted by Gasteiger charge is 2.16. The largest absolute Gasteiger partial charge is 0.311 e. The Morgan fingerprint density at radius 3 is 2.33 bits per heavy atom. The van der Waals surface area contributed by atoms with Crippen molar-refractivity contribution in [1.82, 2.24) is 0 Å². The Balaban J connectivity index is 1.84. The number of rotatable bonds is 2. The first-order valence-corrected chi connectivity index (χ1v) is 9.29. The van der Waals surface area contributed by atoms with Crippen LogP contribution in [0.5, 0.6) is 0 Å². The Bertz CT molecular complexity index is 1010. The minimum absolute atomic E-state index is 0.885. The fraction of sp³-hybridized carbons (Fsp3) is 0.0769. The first kappa shape index (κ1) is 17.1. The molecule has 0 amide bonds. The van der Waals surface area contributed by atoms with Crippen LogP contribution in [0.2, 0.25) is 0 Å². The molecule has 0 spiro atoms. The van der Waals surface area contributed by atoms with Crippen molar-refractivity contribution in [3.05, 3.63) is 121 Å². The molecule has 0 saturated heterocycles. The Hall–Kier alpha value is -3.32. The van der Waals surface area contributed by atoms with Gasteiger partial charge in [0.25, 0.3) is 0 Å². The van der Waals surface area contributed by atoms with Crippen LogP contribution in [0.4, 0.5) is 11.4 Å². The molecular formula is C26H23N. The van der Waals surface area contributed by atoms with Gasteiger partial charge in [-0.05, 0) is 60.4 Å². The Morgan fingerprint density at radius 1 is 0.815 bits per heavy atom. The fourth-order valence-corrected chi connectivity index (χ4v) is 3.44. The molecule has 132 valence electrons. The van der Waals surface area contributed by atoms with Gasteiger partial charge >= 0.3 is 0 Å². The molecule has 1 aliphatic rings. The number of para-hydroxylation sites is 1. The van der Waals surface area contributed by atoms with E-state index >= 15 is 0 Å². The van der Waals surface area contributed by atoms with Crippen LogP contribution in [0, 0.1) is 6.92 Å². The lowest BCUT2D eigenvalue weighted by Crippen LogP contribution is -2.15. The highest BCUT2D eigenvalue weighted by molar-refractivity contribution is 5.76. The van der Waals surface area contributed by atoms with Crippen LogP contribution in [-0.4, -0.2) is 0 Å². The zero-order valence-corrected chi connectivity index (χ0v) is 15.6. The van der Waals surface area contributed by atoms with Gasteiger partial charge in [0.2, 0.25) is 0 Å². The van der Waals surface area contributed by atoms with E-state index in [0.717, 1.165) is 17.8 Å². The van der Waals surface area contributed by atoms with Gasteiger partial charge in [0.15, 0.2) is 0 Å². The van der Waals surface area contributed by atoms with Gasteiger partial charge in [0, 0.05) is 17.1 Å². The van der Waals surface area contributed by atoms with Gasteiger partial charge in [-0.15, -0.1) is 0 Å². The van der Waals surface area contributed by atoms with Gasteiger partial charge < -0.3 is 4.90 Å². The molecule has 0 aromatic heterocycles. The van der Waals surface area contributed by atoms with E-state index in [1.165, 1.54) is 27.9 Å². The second kappa shape index (κ2) is 7.51. The normalized spacial score (nSPS) is 16.0. The van der Waals surface area contributed by atoms with Crippen LogP contribution in [-0.2, 0) is 6.42 Å². The molecule has 1 heterocycles. The Morgan fingerprint density at radius 2 is 1.56 bits per heavy atom. The van der Waals surface area contributed by atoms with E-state index < -0.39 is 0 Å². The topological polar surface area (TPSA) is 3.24 Å². The van der Waals surface area contributed by atoms with E-state index in [2.05, 4.69) is 109 Å². The zero-order chi connectivity index (χ0) is 18.6. The standard InChI is InChI=1S/C26H23N/c1-20-13-15-22(16-14-20)23-17-18-26-24(19-23)10-6-3-5-9-21(2)27(26)25-11-7-4-8-12-25/h3-9,11-19H,2,10H2,1H3/b6-3-,9-5-. The van der Waals surface area contributed by atoms with Crippen LogP contribution in [0.3, 0.4) is 0 Å². The van der Waals surface area contributed by atoms with Crippen LogP contribution in [0.1, 0.15) is 11.1 Å². The van der Waals surface area contributed by atoms with Gasteiger partial charge in [-0.25, -0.2) is 0 Å². The monoisotopic (exact) mass is 349 g/mol. The second-order valence-corrected chi connectivity index (χ2v) is 6.86. The summed E-state index contributed by atoms with van der Waals surface area (Å²) in [6, 6.07) is 25.9. The highest BCUT2D eigenvalue weighted by atomic mass is 15.1. The summed E-state index contributed by atoms with van der Waals surface area (Å²) >= 11 is 0. The summed E-state index contributed by atoms with van der Waals surface area (Å²) in [5.74, 6) is 0. The molecule has 0 N–H and O–H groups in total. The van der Waals surface area contributed by atoms with Gasteiger partial charge in [0.05, 0.1) is 0 Å². The van der Waals surface area contributed by atoms with Crippen molar-refractivity contribution in [2.75, 3.05) is 4.90 Å². The van der Waals surface area contributed by atoms with E-state index in [4.69, 9.17) is 0 Å². The molecule has 27 heavy (non-hydrogen) atoms. The van der Waals surface area contributed by atoms with Gasteiger partial charge in [-0.2, -0.15) is 0 Å². The number of nitrogens with zero attached hydrogens (tertiary/aromatic N) is 1. The molecule has 1 heteroatoms. The van der Waals surface area contributed by atoms with E-state index in [9.17, 15) is 0 Å². The first-order valence-electron chi connectivity index (χ1n) is 9.29. The van der Waals surface area contributed by atoms with Gasteiger partial charge in [0.1, 0.15) is 0 Å². The van der Waals surface area contributed by atoms with Crippen LogP contribution >= 0.6 is 0 Å². The third-order valence-electron chi connectivity index (χ3n) is 4.88. The summed E-state index contributed by atoms with van der Waals surface area (Å²) in [5.41, 5.74) is 8.32.